The molecule has 4 heteroatoms. The van der Waals surface area contributed by atoms with Crippen LogP contribution in [0.5, 0.6) is 0 Å². The minimum Gasteiger partial charge on any atom is -0.311 e. The molecule has 0 aromatic heterocycles. The quantitative estimate of drug-likeness (QED) is 0.794. The van der Waals surface area contributed by atoms with E-state index in [4.69, 9.17) is 0 Å². The topological polar surface area (TPSA) is 26.8 Å². The van der Waals surface area contributed by atoms with E-state index in [9.17, 15) is 4.79 Å². The standard InChI is InChI=1S/C17H21N3O/c21-17-19(13-7-6-12-18-10-4-5-11-18)14-15-20(17)16-8-2-1-3-9-16/h1-3,8-9H,4-5,10-15H2. The van der Waals surface area contributed by atoms with Crippen molar-refractivity contribution in [2.24, 2.45) is 0 Å². The highest BCUT2D eigenvalue weighted by Crippen LogP contribution is 2.19. The molecule has 1 aromatic rings. The maximum atomic E-state index is 12.3. The Morgan fingerprint density at radius 3 is 2.38 bits per heavy atom. The van der Waals surface area contributed by atoms with E-state index in [0.717, 1.165) is 25.3 Å². The maximum absolute atomic E-state index is 12.3. The Kier molecular flexibility index (Phi) is 4.42. The lowest BCUT2D eigenvalue weighted by Crippen LogP contribution is -2.32. The third-order valence-corrected chi connectivity index (χ3v) is 4.06. The van der Waals surface area contributed by atoms with E-state index in [1.807, 2.05) is 40.1 Å². The molecule has 21 heavy (non-hydrogen) atoms. The number of urea groups is 1. The van der Waals surface area contributed by atoms with E-state index < -0.39 is 0 Å². The molecule has 110 valence electrons. The molecule has 1 aromatic carbocycles. The zero-order valence-electron chi connectivity index (χ0n) is 12.3. The Balaban J connectivity index is 1.51. The van der Waals surface area contributed by atoms with Crippen LogP contribution < -0.4 is 4.90 Å². The van der Waals surface area contributed by atoms with Crippen LogP contribution in [-0.2, 0) is 0 Å². The van der Waals surface area contributed by atoms with Gasteiger partial charge in [0.2, 0.25) is 0 Å². The number of amides is 2. The van der Waals surface area contributed by atoms with Crippen LogP contribution in [0.3, 0.4) is 0 Å². The molecule has 0 unspecified atom stereocenters. The first kappa shape index (κ1) is 14.0. The second-order valence-corrected chi connectivity index (χ2v) is 5.53. The van der Waals surface area contributed by atoms with E-state index in [1.54, 1.807) is 0 Å². The molecule has 0 aliphatic carbocycles. The number of carbonyl (C=O) groups excluding carboxylic acids is 1. The highest BCUT2D eigenvalue weighted by molar-refractivity contribution is 5.94. The first-order chi connectivity index (χ1) is 10.3. The minimum absolute atomic E-state index is 0.0664. The average Bonchev–Trinajstić information content (AvgIpc) is 3.15. The van der Waals surface area contributed by atoms with Crippen LogP contribution >= 0.6 is 0 Å². The lowest BCUT2D eigenvalue weighted by Gasteiger charge is -2.16. The van der Waals surface area contributed by atoms with E-state index in [2.05, 4.69) is 16.7 Å². The number of para-hydroxylation sites is 1. The predicted octanol–water partition coefficient (Wildman–Crippen LogP) is 2.03. The molecule has 0 saturated carbocycles. The molecule has 2 heterocycles. The molecule has 2 amide bonds. The molecule has 2 aliphatic rings. The minimum atomic E-state index is 0.0664. The van der Waals surface area contributed by atoms with Crippen molar-refractivity contribution < 1.29 is 4.79 Å². The molecule has 2 saturated heterocycles. The van der Waals surface area contributed by atoms with Crippen LogP contribution in [0.1, 0.15) is 12.8 Å². The summed E-state index contributed by atoms with van der Waals surface area (Å²) in [4.78, 5) is 18.3. The molecule has 0 bridgehead atoms. The normalized spacial score (nSPS) is 19.0. The largest absolute Gasteiger partial charge is 0.325 e. The molecule has 2 aliphatic heterocycles. The molecule has 0 radical (unpaired) electrons. The predicted molar refractivity (Wildman–Crippen MR) is 84.2 cm³/mol. The maximum Gasteiger partial charge on any atom is 0.325 e. The number of anilines is 1. The molecule has 0 atom stereocenters. The van der Waals surface area contributed by atoms with Gasteiger partial charge in [-0.2, -0.15) is 0 Å². The van der Waals surface area contributed by atoms with E-state index >= 15 is 0 Å². The van der Waals surface area contributed by atoms with Crippen molar-refractivity contribution in [3.05, 3.63) is 30.3 Å². The van der Waals surface area contributed by atoms with Gasteiger partial charge in [0, 0.05) is 18.8 Å². The van der Waals surface area contributed by atoms with E-state index in [0.29, 0.717) is 6.54 Å². The summed E-state index contributed by atoms with van der Waals surface area (Å²) in [6, 6.07) is 9.89. The zero-order chi connectivity index (χ0) is 14.5. The molecule has 4 nitrogen and oxygen atoms in total. The fourth-order valence-corrected chi connectivity index (χ4v) is 2.84. The summed E-state index contributed by atoms with van der Waals surface area (Å²) in [5.41, 5.74) is 0.968. The fourth-order valence-electron chi connectivity index (χ4n) is 2.84. The summed E-state index contributed by atoms with van der Waals surface area (Å²) < 4.78 is 0. The highest BCUT2D eigenvalue weighted by atomic mass is 16.2. The number of benzene rings is 1. The summed E-state index contributed by atoms with van der Waals surface area (Å²) in [5, 5.41) is 0. The summed E-state index contributed by atoms with van der Waals surface area (Å²) >= 11 is 0. The van der Waals surface area contributed by atoms with Crippen LogP contribution in [0.15, 0.2) is 30.3 Å². The van der Waals surface area contributed by atoms with E-state index in [1.165, 1.54) is 25.9 Å². The summed E-state index contributed by atoms with van der Waals surface area (Å²) in [7, 11) is 0. The van der Waals surface area contributed by atoms with Crippen LogP contribution in [0.4, 0.5) is 10.5 Å². The monoisotopic (exact) mass is 283 g/mol. The van der Waals surface area contributed by atoms with Crippen LogP contribution in [0, 0.1) is 11.8 Å². The summed E-state index contributed by atoms with van der Waals surface area (Å²) in [6.07, 6.45) is 2.58. The Hall–Kier alpha value is -1.99. The van der Waals surface area contributed by atoms with Crippen molar-refractivity contribution in [3.8, 4) is 11.8 Å². The summed E-state index contributed by atoms with van der Waals surface area (Å²) in [6.45, 7) is 5.21. The lowest BCUT2D eigenvalue weighted by molar-refractivity contribution is 0.225. The van der Waals surface area contributed by atoms with Crippen molar-refractivity contribution in [3.63, 3.8) is 0 Å². The third kappa shape index (κ3) is 3.37. The Bertz CT molecular complexity index is 540. The molecular weight excluding hydrogens is 262 g/mol. The van der Waals surface area contributed by atoms with Crippen molar-refractivity contribution in [1.82, 2.24) is 9.80 Å². The van der Waals surface area contributed by atoms with Gasteiger partial charge in [-0.25, -0.2) is 4.79 Å². The molecule has 0 N–H and O–H groups in total. The smallest absolute Gasteiger partial charge is 0.311 e. The van der Waals surface area contributed by atoms with Crippen LogP contribution in [0.2, 0.25) is 0 Å². The van der Waals surface area contributed by atoms with Gasteiger partial charge in [0.25, 0.3) is 0 Å². The van der Waals surface area contributed by atoms with Gasteiger partial charge in [-0.05, 0) is 38.1 Å². The van der Waals surface area contributed by atoms with Gasteiger partial charge in [-0.15, -0.1) is 0 Å². The number of hydrogen-bond acceptors (Lipinski definition) is 2. The van der Waals surface area contributed by atoms with Crippen LogP contribution in [-0.4, -0.2) is 55.1 Å². The number of likely N-dealkylation sites (tertiary alicyclic amines) is 1. The van der Waals surface area contributed by atoms with Crippen molar-refractivity contribution >= 4 is 11.7 Å². The molecule has 2 fully saturated rings. The van der Waals surface area contributed by atoms with Gasteiger partial charge < -0.3 is 4.90 Å². The van der Waals surface area contributed by atoms with Gasteiger partial charge in [0.05, 0.1) is 13.1 Å². The fraction of sp³-hybridized carbons (Fsp3) is 0.471. The van der Waals surface area contributed by atoms with E-state index in [-0.39, 0.29) is 6.03 Å². The first-order valence-corrected chi connectivity index (χ1v) is 7.64. The van der Waals surface area contributed by atoms with Gasteiger partial charge >= 0.3 is 6.03 Å². The summed E-state index contributed by atoms with van der Waals surface area (Å²) in [5.74, 6) is 6.34. The molecule has 0 spiro atoms. The van der Waals surface area contributed by atoms with Crippen molar-refractivity contribution in [2.75, 3.05) is 44.2 Å². The average molecular weight is 283 g/mol. The Morgan fingerprint density at radius 1 is 0.905 bits per heavy atom. The van der Waals surface area contributed by atoms with Crippen molar-refractivity contribution in [2.45, 2.75) is 12.8 Å². The van der Waals surface area contributed by atoms with Gasteiger partial charge in [-0.3, -0.25) is 9.80 Å². The number of hydrogen-bond donors (Lipinski definition) is 0. The third-order valence-electron chi connectivity index (χ3n) is 4.06. The van der Waals surface area contributed by atoms with Gasteiger partial charge in [0.15, 0.2) is 0 Å². The number of carbonyl (C=O) groups is 1. The number of rotatable bonds is 3. The van der Waals surface area contributed by atoms with Crippen LogP contribution in [0.25, 0.3) is 0 Å². The molecular formula is C17H21N3O. The van der Waals surface area contributed by atoms with Crippen molar-refractivity contribution in [1.29, 1.82) is 0 Å². The zero-order valence-corrected chi connectivity index (χ0v) is 12.3. The lowest BCUT2D eigenvalue weighted by atomic mass is 10.3. The number of nitrogens with zero attached hydrogens (tertiary/aromatic N) is 3. The first-order valence-electron chi connectivity index (χ1n) is 7.64. The Morgan fingerprint density at radius 2 is 1.62 bits per heavy atom. The SMILES string of the molecule is O=C1N(CC#CCN2CCCC2)CCN1c1ccccc1. The van der Waals surface area contributed by atoms with Gasteiger partial charge in [-0.1, -0.05) is 30.0 Å². The Labute approximate surface area is 126 Å². The second kappa shape index (κ2) is 6.64. The molecule has 3 rings (SSSR count). The van der Waals surface area contributed by atoms with Gasteiger partial charge in [0.1, 0.15) is 0 Å². The highest BCUT2D eigenvalue weighted by Gasteiger charge is 2.28. The second-order valence-electron chi connectivity index (χ2n) is 5.53.